The van der Waals surface area contributed by atoms with Crippen LogP contribution in [0.3, 0.4) is 0 Å². The Morgan fingerprint density at radius 1 is 1.12 bits per heavy atom. The largest absolute Gasteiger partial charge is 0.478 e. The van der Waals surface area contributed by atoms with Gasteiger partial charge in [0.2, 0.25) is 5.91 Å². The number of nitrogens with zero attached hydrogens (tertiary/aromatic N) is 1. The Balaban J connectivity index is 1.70. The Hall–Kier alpha value is -2.40. The summed E-state index contributed by atoms with van der Waals surface area (Å²) in [5, 5.41) is 9.66. The van der Waals surface area contributed by atoms with Gasteiger partial charge in [0.25, 0.3) is 0 Å². The maximum absolute atomic E-state index is 12.2. The van der Waals surface area contributed by atoms with E-state index >= 15 is 0 Å². The predicted octanol–water partition coefficient (Wildman–Crippen LogP) is 2.67. The van der Waals surface area contributed by atoms with Crippen LogP contribution >= 0.6 is 0 Å². The topological polar surface area (TPSA) is 66.8 Å². The molecular weight excluding hydrogens is 318 g/mol. The third kappa shape index (κ3) is 4.17. The van der Waals surface area contributed by atoms with Crippen molar-refractivity contribution in [1.29, 1.82) is 0 Å². The second-order valence-corrected chi connectivity index (χ2v) is 6.31. The van der Waals surface area contributed by atoms with Gasteiger partial charge in [-0.3, -0.25) is 4.79 Å². The first-order valence-corrected chi connectivity index (χ1v) is 8.73. The average Bonchev–Trinajstić information content (AvgIpc) is 2.65. The number of hydrogen-bond acceptors (Lipinski definition) is 3. The summed E-state index contributed by atoms with van der Waals surface area (Å²) in [6.45, 7) is 2.42. The molecule has 0 atom stereocenters. The Kier molecular flexibility index (Phi) is 5.66. The van der Waals surface area contributed by atoms with Crippen LogP contribution < -0.4 is 0 Å². The molecule has 0 spiro atoms. The van der Waals surface area contributed by atoms with Gasteiger partial charge in [0.1, 0.15) is 0 Å². The van der Waals surface area contributed by atoms with Crippen LogP contribution in [0.25, 0.3) is 5.57 Å². The van der Waals surface area contributed by atoms with Crippen molar-refractivity contribution in [3.63, 3.8) is 0 Å². The number of rotatable bonds is 5. The number of allylic oxidation sites excluding steroid dienone is 3. The predicted molar refractivity (Wildman–Crippen MR) is 95.1 cm³/mol. The second-order valence-electron chi connectivity index (χ2n) is 6.31. The monoisotopic (exact) mass is 341 g/mol. The van der Waals surface area contributed by atoms with Gasteiger partial charge in [-0.05, 0) is 36.0 Å². The maximum Gasteiger partial charge on any atom is 0.332 e. The molecule has 1 saturated heterocycles. The summed E-state index contributed by atoms with van der Waals surface area (Å²) in [5.74, 6) is -0.826. The molecule has 0 unspecified atom stereocenters. The van der Waals surface area contributed by atoms with Crippen LogP contribution in [0.1, 0.15) is 30.4 Å². The number of hydrogen-bond donors (Lipinski definition) is 1. The minimum absolute atomic E-state index is 0.0811. The van der Waals surface area contributed by atoms with Crippen molar-refractivity contribution in [2.45, 2.75) is 25.7 Å². The van der Waals surface area contributed by atoms with Crippen molar-refractivity contribution in [2.24, 2.45) is 0 Å². The normalized spacial score (nSPS) is 18.6. The molecule has 1 heterocycles. The Bertz CT molecular complexity index is 714. The van der Waals surface area contributed by atoms with Crippen LogP contribution in [0.2, 0.25) is 0 Å². The molecule has 3 rings (SSSR count). The van der Waals surface area contributed by atoms with E-state index in [-0.39, 0.29) is 5.91 Å². The summed E-state index contributed by atoms with van der Waals surface area (Å²) in [4.78, 5) is 25.8. The number of ether oxygens (including phenoxy) is 1. The summed E-state index contributed by atoms with van der Waals surface area (Å²) in [6, 6.07) is 7.90. The molecule has 25 heavy (non-hydrogen) atoms. The van der Waals surface area contributed by atoms with Crippen LogP contribution in [-0.2, 0) is 20.7 Å². The minimum atomic E-state index is -0.907. The highest BCUT2D eigenvalue weighted by atomic mass is 16.5. The summed E-state index contributed by atoms with van der Waals surface area (Å²) in [7, 11) is 0. The van der Waals surface area contributed by atoms with Crippen LogP contribution in [0, 0.1) is 0 Å². The van der Waals surface area contributed by atoms with Crippen molar-refractivity contribution < 1.29 is 19.4 Å². The van der Waals surface area contributed by atoms with Crippen molar-refractivity contribution in [3.8, 4) is 0 Å². The number of fused-ring (bicyclic) bond motifs is 1. The molecule has 1 amide bonds. The summed E-state index contributed by atoms with van der Waals surface area (Å²) >= 11 is 0. The zero-order chi connectivity index (χ0) is 17.6. The quantitative estimate of drug-likeness (QED) is 0.836. The average molecular weight is 341 g/mol. The number of carboxylic acid groups (broad SMARTS) is 1. The van der Waals surface area contributed by atoms with E-state index in [0.29, 0.717) is 51.1 Å². The van der Waals surface area contributed by atoms with Gasteiger partial charge < -0.3 is 14.7 Å². The highest BCUT2D eigenvalue weighted by Gasteiger charge is 2.20. The van der Waals surface area contributed by atoms with Crippen LogP contribution in [0.5, 0.6) is 0 Å². The smallest absolute Gasteiger partial charge is 0.332 e. The molecule has 0 aromatic heterocycles. The molecule has 1 aliphatic carbocycles. The van der Waals surface area contributed by atoms with Gasteiger partial charge in [0.15, 0.2) is 0 Å². The van der Waals surface area contributed by atoms with E-state index in [4.69, 9.17) is 4.74 Å². The maximum atomic E-state index is 12.2. The number of carbonyl (C=O) groups is 2. The summed E-state index contributed by atoms with van der Waals surface area (Å²) in [6.07, 6.45) is 6.02. The number of benzene rings is 1. The zero-order valence-corrected chi connectivity index (χ0v) is 14.2. The van der Waals surface area contributed by atoms with Gasteiger partial charge in [-0.2, -0.15) is 0 Å². The molecule has 132 valence electrons. The number of morpholine rings is 1. The third-order valence-corrected chi connectivity index (χ3v) is 4.69. The molecule has 0 bridgehead atoms. The highest BCUT2D eigenvalue weighted by Crippen LogP contribution is 2.30. The summed E-state index contributed by atoms with van der Waals surface area (Å²) in [5.41, 5.74) is 3.29. The molecule has 0 saturated carbocycles. The van der Waals surface area contributed by atoms with Crippen molar-refractivity contribution in [3.05, 3.63) is 53.1 Å². The molecule has 5 nitrogen and oxygen atoms in total. The van der Waals surface area contributed by atoms with Gasteiger partial charge in [-0.25, -0.2) is 4.79 Å². The Morgan fingerprint density at radius 3 is 2.64 bits per heavy atom. The molecule has 1 aliphatic heterocycles. The Morgan fingerprint density at radius 2 is 1.88 bits per heavy atom. The van der Waals surface area contributed by atoms with Crippen LogP contribution in [0.15, 0.2) is 42.0 Å². The van der Waals surface area contributed by atoms with E-state index in [1.54, 1.807) is 4.90 Å². The van der Waals surface area contributed by atoms with Crippen molar-refractivity contribution in [2.75, 3.05) is 26.3 Å². The van der Waals surface area contributed by atoms with Gasteiger partial charge in [-0.15, -0.1) is 0 Å². The molecule has 1 aromatic rings. The van der Waals surface area contributed by atoms with Gasteiger partial charge in [0.05, 0.1) is 13.2 Å². The van der Waals surface area contributed by atoms with E-state index < -0.39 is 5.97 Å². The number of carboxylic acids is 1. The standard InChI is InChI=1S/C20H23NO4/c22-19(21-11-13-25-14-12-21)10-4-9-18(20(23)24)17-8-3-6-15-5-1-2-7-16(15)17/h1-3,5,7-8H,4,6,9-14H2,(H,23,24). The molecule has 0 radical (unpaired) electrons. The molecule has 1 aromatic carbocycles. The van der Waals surface area contributed by atoms with Crippen molar-refractivity contribution >= 4 is 17.4 Å². The molecule has 1 fully saturated rings. The number of amides is 1. The fourth-order valence-electron chi connectivity index (χ4n) is 3.36. The first kappa shape index (κ1) is 17.4. The number of carbonyl (C=O) groups excluding carboxylic acids is 1. The van der Waals surface area contributed by atoms with E-state index in [1.807, 2.05) is 36.4 Å². The lowest BCUT2D eigenvalue weighted by Gasteiger charge is -2.26. The highest BCUT2D eigenvalue weighted by molar-refractivity contribution is 6.00. The molecule has 1 N–H and O–H groups in total. The van der Waals surface area contributed by atoms with Gasteiger partial charge >= 0.3 is 5.97 Å². The zero-order valence-electron chi connectivity index (χ0n) is 14.2. The summed E-state index contributed by atoms with van der Waals surface area (Å²) < 4.78 is 5.25. The molecular formula is C20H23NO4. The van der Waals surface area contributed by atoms with Crippen LogP contribution in [0.4, 0.5) is 0 Å². The van der Waals surface area contributed by atoms with Gasteiger partial charge in [0, 0.05) is 25.1 Å². The minimum Gasteiger partial charge on any atom is -0.478 e. The lowest BCUT2D eigenvalue weighted by molar-refractivity contribution is -0.136. The van der Waals surface area contributed by atoms with Gasteiger partial charge in [-0.1, -0.05) is 36.4 Å². The SMILES string of the molecule is O=C(O)C(CCCC(=O)N1CCOCC1)=C1C=CCc2ccccc21. The first-order valence-electron chi connectivity index (χ1n) is 8.73. The van der Waals surface area contributed by atoms with Crippen LogP contribution in [-0.4, -0.2) is 48.2 Å². The fraction of sp³-hybridized carbons (Fsp3) is 0.400. The second kappa shape index (κ2) is 8.12. The number of aliphatic carboxylic acids is 1. The van der Waals surface area contributed by atoms with E-state index in [0.717, 1.165) is 23.1 Å². The van der Waals surface area contributed by atoms with E-state index in [9.17, 15) is 14.7 Å². The van der Waals surface area contributed by atoms with Crippen molar-refractivity contribution in [1.82, 2.24) is 4.90 Å². The van der Waals surface area contributed by atoms with E-state index in [1.165, 1.54) is 0 Å². The molecule has 5 heteroatoms. The Labute approximate surface area is 147 Å². The lowest BCUT2D eigenvalue weighted by Crippen LogP contribution is -2.40. The third-order valence-electron chi connectivity index (χ3n) is 4.69. The first-order chi connectivity index (χ1) is 12.2. The molecule has 2 aliphatic rings. The lowest BCUT2D eigenvalue weighted by atomic mass is 9.88. The fourth-order valence-corrected chi connectivity index (χ4v) is 3.36. The van der Waals surface area contributed by atoms with E-state index in [2.05, 4.69) is 0 Å².